The predicted molar refractivity (Wildman–Crippen MR) is 84.2 cm³/mol. The number of ketones is 1. The van der Waals surface area contributed by atoms with Crippen molar-refractivity contribution < 1.29 is 19.1 Å². The zero-order chi connectivity index (χ0) is 16.2. The number of aryl methyl sites for hydroxylation is 2. The first-order valence-electron chi connectivity index (χ1n) is 8.42. The topological polar surface area (TPSA) is 52.6 Å². The zero-order valence-corrected chi connectivity index (χ0v) is 13.6. The van der Waals surface area contributed by atoms with Crippen LogP contribution in [0.3, 0.4) is 0 Å². The van der Waals surface area contributed by atoms with E-state index < -0.39 is 5.60 Å². The van der Waals surface area contributed by atoms with E-state index in [0.717, 1.165) is 36.1 Å². The van der Waals surface area contributed by atoms with Crippen LogP contribution in [-0.2, 0) is 14.3 Å². The molecule has 122 valence electrons. The van der Waals surface area contributed by atoms with E-state index in [2.05, 4.69) is 0 Å². The molecule has 0 radical (unpaired) electrons. The van der Waals surface area contributed by atoms with Crippen molar-refractivity contribution in [1.29, 1.82) is 0 Å². The van der Waals surface area contributed by atoms with Crippen LogP contribution in [0.25, 0.3) is 0 Å². The number of ether oxygens (including phenoxy) is 2. The fraction of sp³-hybridized carbons (Fsp3) is 0.579. The van der Waals surface area contributed by atoms with Crippen LogP contribution in [0.5, 0.6) is 5.75 Å². The SMILES string of the molecule is Cc1cccc(C)c1OCC(=O)CC12CC3CC(C(=O)O1)C2C3. The molecule has 0 N–H and O–H groups in total. The van der Waals surface area contributed by atoms with Crippen LogP contribution in [0.15, 0.2) is 18.2 Å². The maximum Gasteiger partial charge on any atom is 0.309 e. The standard InChI is InChI=1S/C19H22O4/c1-11-4-3-5-12(2)17(11)22-10-14(20)9-19-8-13-6-15(16(19)7-13)18(21)23-19/h3-5,13,15-16H,6-10H2,1-2H3. The van der Waals surface area contributed by atoms with Gasteiger partial charge in [-0.2, -0.15) is 0 Å². The van der Waals surface area contributed by atoms with Crippen LogP contribution in [0.2, 0.25) is 0 Å². The van der Waals surface area contributed by atoms with E-state index in [0.29, 0.717) is 12.3 Å². The van der Waals surface area contributed by atoms with Gasteiger partial charge in [0.15, 0.2) is 5.78 Å². The van der Waals surface area contributed by atoms with Crippen LogP contribution in [-0.4, -0.2) is 24.0 Å². The molecular formula is C19H22O4. The largest absolute Gasteiger partial charge is 0.485 e. The summed E-state index contributed by atoms with van der Waals surface area (Å²) in [4.78, 5) is 24.4. The molecule has 3 aliphatic rings. The zero-order valence-electron chi connectivity index (χ0n) is 13.6. The Labute approximate surface area is 136 Å². The average molecular weight is 314 g/mol. The Balaban J connectivity index is 1.42. The summed E-state index contributed by atoms with van der Waals surface area (Å²) in [6.07, 6.45) is 3.16. The maximum atomic E-state index is 12.4. The molecule has 4 rings (SSSR count). The van der Waals surface area contributed by atoms with Crippen LogP contribution in [0, 0.1) is 31.6 Å². The van der Waals surface area contributed by atoms with Crippen LogP contribution in [0.4, 0.5) is 0 Å². The van der Waals surface area contributed by atoms with Crippen molar-refractivity contribution in [2.24, 2.45) is 17.8 Å². The van der Waals surface area contributed by atoms with Crippen molar-refractivity contribution in [3.8, 4) is 5.75 Å². The number of esters is 1. The Morgan fingerprint density at radius 1 is 1.30 bits per heavy atom. The van der Waals surface area contributed by atoms with E-state index in [4.69, 9.17) is 9.47 Å². The van der Waals surface area contributed by atoms with Crippen molar-refractivity contribution in [2.45, 2.75) is 45.1 Å². The van der Waals surface area contributed by atoms with Crippen molar-refractivity contribution in [3.63, 3.8) is 0 Å². The number of para-hydroxylation sites is 1. The minimum atomic E-state index is -0.522. The molecule has 4 unspecified atom stereocenters. The highest BCUT2D eigenvalue weighted by atomic mass is 16.6. The second-order valence-electron chi connectivity index (χ2n) is 7.47. The Kier molecular flexibility index (Phi) is 3.26. The van der Waals surface area contributed by atoms with Gasteiger partial charge < -0.3 is 9.47 Å². The van der Waals surface area contributed by atoms with Gasteiger partial charge in [-0.25, -0.2) is 0 Å². The lowest BCUT2D eigenvalue weighted by Gasteiger charge is -2.29. The molecule has 0 spiro atoms. The van der Waals surface area contributed by atoms with Gasteiger partial charge in [-0.1, -0.05) is 18.2 Å². The van der Waals surface area contributed by atoms with E-state index in [1.54, 1.807) is 0 Å². The molecule has 4 nitrogen and oxygen atoms in total. The van der Waals surface area contributed by atoms with E-state index in [-0.39, 0.29) is 30.2 Å². The van der Waals surface area contributed by atoms with Gasteiger partial charge in [0.05, 0.1) is 12.3 Å². The summed E-state index contributed by atoms with van der Waals surface area (Å²) in [5.74, 6) is 1.58. The average Bonchev–Trinajstić information content (AvgIpc) is 3.07. The number of hydrogen-bond acceptors (Lipinski definition) is 4. The summed E-state index contributed by atoms with van der Waals surface area (Å²) in [7, 11) is 0. The van der Waals surface area contributed by atoms with E-state index in [9.17, 15) is 9.59 Å². The Morgan fingerprint density at radius 3 is 2.74 bits per heavy atom. The monoisotopic (exact) mass is 314 g/mol. The molecule has 2 bridgehead atoms. The minimum Gasteiger partial charge on any atom is -0.485 e. The number of carbonyl (C=O) groups excluding carboxylic acids is 2. The normalized spacial score (nSPS) is 33.8. The lowest BCUT2D eigenvalue weighted by Crippen LogP contribution is -2.37. The smallest absolute Gasteiger partial charge is 0.309 e. The highest BCUT2D eigenvalue weighted by molar-refractivity contribution is 5.84. The van der Waals surface area contributed by atoms with Crippen molar-refractivity contribution in [1.82, 2.24) is 0 Å². The van der Waals surface area contributed by atoms with Crippen LogP contribution >= 0.6 is 0 Å². The summed E-state index contributed by atoms with van der Waals surface area (Å²) in [5.41, 5.74) is 1.54. The van der Waals surface area contributed by atoms with Gasteiger partial charge in [0, 0.05) is 5.92 Å². The number of hydrogen-bond donors (Lipinski definition) is 0. The van der Waals surface area contributed by atoms with Gasteiger partial charge >= 0.3 is 5.97 Å². The van der Waals surface area contributed by atoms with Crippen molar-refractivity contribution in [2.75, 3.05) is 6.61 Å². The number of fused-ring (bicyclic) bond motifs is 1. The lowest BCUT2D eigenvalue weighted by atomic mass is 9.77. The summed E-state index contributed by atoms with van der Waals surface area (Å²) >= 11 is 0. The van der Waals surface area contributed by atoms with Gasteiger partial charge in [0.1, 0.15) is 18.0 Å². The molecule has 2 aliphatic carbocycles. The van der Waals surface area contributed by atoms with Crippen molar-refractivity contribution >= 4 is 11.8 Å². The molecular weight excluding hydrogens is 292 g/mol. The van der Waals surface area contributed by atoms with E-state index in [1.165, 1.54) is 0 Å². The second kappa shape index (κ2) is 5.08. The Morgan fingerprint density at radius 2 is 2.04 bits per heavy atom. The summed E-state index contributed by atoms with van der Waals surface area (Å²) in [6.45, 7) is 4.00. The summed E-state index contributed by atoms with van der Waals surface area (Å²) in [5, 5.41) is 0. The third kappa shape index (κ3) is 2.27. The molecule has 4 heteroatoms. The van der Waals surface area contributed by atoms with Gasteiger partial charge in [-0.3, -0.25) is 9.59 Å². The molecule has 23 heavy (non-hydrogen) atoms. The molecule has 0 aromatic heterocycles. The molecule has 2 saturated carbocycles. The maximum absolute atomic E-state index is 12.4. The molecule has 1 saturated heterocycles. The van der Waals surface area contributed by atoms with Crippen LogP contribution < -0.4 is 4.74 Å². The van der Waals surface area contributed by atoms with Gasteiger partial charge in [-0.15, -0.1) is 0 Å². The third-order valence-corrected chi connectivity index (χ3v) is 5.86. The Hall–Kier alpha value is -1.84. The third-order valence-electron chi connectivity index (χ3n) is 5.86. The molecule has 1 aromatic carbocycles. The van der Waals surface area contributed by atoms with Gasteiger partial charge in [0.2, 0.25) is 0 Å². The lowest BCUT2D eigenvalue weighted by molar-refractivity contribution is -0.151. The minimum absolute atomic E-state index is 0.0219. The van der Waals surface area contributed by atoms with Gasteiger partial charge in [-0.05, 0) is 50.2 Å². The molecule has 1 aliphatic heterocycles. The summed E-state index contributed by atoms with van der Waals surface area (Å²) < 4.78 is 11.4. The highest BCUT2D eigenvalue weighted by Gasteiger charge is 2.65. The first-order valence-corrected chi connectivity index (χ1v) is 8.42. The first-order chi connectivity index (χ1) is 11.0. The molecule has 1 heterocycles. The highest BCUT2D eigenvalue weighted by Crippen LogP contribution is 2.61. The molecule has 1 aromatic rings. The van der Waals surface area contributed by atoms with E-state index in [1.807, 2.05) is 32.0 Å². The van der Waals surface area contributed by atoms with Crippen LogP contribution in [0.1, 0.15) is 36.8 Å². The number of carbonyl (C=O) groups is 2. The predicted octanol–water partition coefficient (Wildman–Crippen LogP) is 2.98. The second-order valence-corrected chi connectivity index (χ2v) is 7.47. The fourth-order valence-electron chi connectivity index (χ4n) is 4.99. The van der Waals surface area contributed by atoms with Gasteiger partial charge in [0.25, 0.3) is 0 Å². The molecule has 4 atom stereocenters. The van der Waals surface area contributed by atoms with Crippen molar-refractivity contribution in [3.05, 3.63) is 29.3 Å². The number of Topliss-reactive ketones (excluding diaryl/α,β-unsaturated/α-hetero) is 1. The Bertz CT molecular complexity index is 660. The number of rotatable bonds is 5. The summed E-state index contributed by atoms with van der Waals surface area (Å²) in [6, 6.07) is 5.93. The fourth-order valence-corrected chi connectivity index (χ4v) is 4.99. The quantitative estimate of drug-likeness (QED) is 0.784. The molecule has 3 fully saturated rings. The van der Waals surface area contributed by atoms with E-state index >= 15 is 0 Å². The molecule has 0 amide bonds. The first kappa shape index (κ1) is 14.7. The number of benzene rings is 1.